The van der Waals surface area contributed by atoms with Crippen LogP contribution in [0.15, 0.2) is 42.5 Å². The second kappa shape index (κ2) is 8.30. The van der Waals surface area contributed by atoms with Crippen LogP contribution < -0.4 is 4.74 Å². The molecule has 0 spiro atoms. The molecule has 1 amide bonds. The van der Waals surface area contributed by atoms with Crippen LogP contribution in [0.5, 0.6) is 5.75 Å². The first kappa shape index (κ1) is 18.4. The van der Waals surface area contributed by atoms with Crippen LogP contribution in [0.2, 0.25) is 0 Å². The molecule has 1 heterocycles. The molecule has 2 aromatic carbocycles. The number of nitrogens with zero attached hydrogens (tertiary/aromatic N) is 1. The van der Waals surface area contributed by atoms with Crippen molar-refractivity contribution in [3.8, 4) is 5.75 Å². The van der Waals surface area contributed by atoms with Gasteiger partial charge in [-0.1, -0.05) is 24.3 Å². The molecular weight excluding hydrogens is 336 g/mol. The summed E-state index contributed by atoms with van der Waals surface area (Å²) in [4.78, 5) is 14.6. The number of piperidine rings is 1. The molecule has 0 radical (unpaired) electrons. The van der Waals surface area contributed by atoms with Gasteiger partial charge in [0.05, 0.1) is 12.7 Å². The number of methoxy groups -OCH3 is 1. The lowest BCUT2D eigenvalue weighted by atomic mass is 9.91. The van der Waals surface area contributed by atoms with Gasteiger partial charge in [-0.3, -0.25) is 4.79 Å². The number of benzene rings is 2. The van der Waals surface area contributed by atoms with E-state index in [1.165, 1.54) is 25.3 Å². The van der Waals surface area contributed by atoms with Crippen molar-refractivity contribution >= 4 is 5.91 Å². The predicted octanol–water partition coefficient (Wildman–Crippen LogP) is 4.46. The summed E-state index contributed by atoms with van der Waals surface area (Å²) < 4.78 is 32.7. The normalized spacial score (nSPS) is 17.2. The summed E-state index contributed by atoms with van der Waals surface area (Å²) in [5, 5.41) is 0. The van der Waals surface area contributed by atoms with Crippen molar-refractivity contribution in [2.75, 3.05) is 20.2 Å². The third kappa shape index (κ3) is 4.03. The van der Waals surface area contributed by atoms with E-state index in [1.54, 1.807) is 23.1 Å². The number of carbonyl (C=O) groups is 1. The zero-order chi connectivity index (χ0) is 18.5. The Labute approximate surface area is 152 Å². The van der Waals surface area contributed by atoms with E-state index in [9.17, 15) is 13.6 Å². The van der Waals surface area contributed by atoms with E-state index in [0.717, 1.165) is 19.3 Å². The van der Waals surface area contributed by atoms with Crippen molar-refractivity contribution in [1.29, 1.82) is 0 Å². The van der Waals surface area contributed by atoms with Gasteiger partial charge in [-0.15, -0.1) is 0 Å². The molecular formula is C21H23F2NO2. The number of rotatable bonds is 5. The molecule has 1 fully saturated rings. The van der Waals surface area contributed by atoms with Gasteiger partial charge >= 0.3 is 0 Å². The lowest BCUT2D eigenvalue weighted by molar-refractivity contribution is 0.0664. The predicted molar refractivity (Wildman–Crippen MR) is 96.3 cm³/mol. The molecule has 1 aliphatic rings. The highest BCUT2D eigenvalue weighted by molar-refractivity contribution is 5.97. The van der Waals surface area contributed by atoms with Crippen molar-refractivity contribution in [2.24, 2.45) is 5.92 Å². The number of hydrogen-bond acceptors (Lipinski definition) is 2. The zero-order valence-corrected chi connectivity index (χ0v) is 14.9. The van der Waals surface area contributed by atoms with Gasteiger partial charge in [0.2, 0.25) is 0 Å². The lowest BCUT2D eigenvalue weighted by Gasteiger charge is -2.33. The van der Waals surface area contributed by atoms with Gasteiger partial charge < -0.3 is 9.64 Å². The molecule has 0 aliphatic carbocycles. The van der Waals surface area contributed by atoms with Crippen LogP contribution in [0.25, 0.3) is 0 Å². The quantitative estimate of drug-likeness (QED) is 0.789. The standard InChI is InChI=1S/C21H23F2NO2/c1-26-20-17(8-4-10-19(20)23)21(25)24-13-5-6-15(14-24)11-12-16-7-2-3-9-18(16)22/h2-4,7-10,15H,5-6,11-14H2,1H3/t15-/m1/s1. The molecule has 138 valence electrons. The number of carbonyl (C=O) groups excluding carboxylic acids is 1. The highest BCUT2D eigenvalue weighted by atomic mass is 19.1. The summed E-state index contributed by atoms with van der Waals surface area (Å²) in [6.45, 7) is 1.25. The second-order valence-corrected chi connectivity index (χ2v) is 6.71. The van der Waals surface area contributed by atoms with Crippen molar-refractivity contribution in [3.05, 3.63) is 65.2 Å². The largest absolute Gasteiger partial charge is 0.493 e. The average Bonchev–Trinajstić information content (AvgIpc) is 2.67. The Morgan fingerprint density at radius 1 is 1.15 bits per heavy atom. The van der Waals surface area contributed by atoms with E-state index in [-0.39, 0.29) is 23.0 Å². The molecule has 1 aliphatic heterocycles. The second-order valence-electron chi connectivity index (χ2n) is 6.71. The number of amides is 1. The third-order valence-corrected chi connectivity index (χ3v) is 4.99. The molecule has 3 nitrogen and oxygen atoms in total. The number of likely N-dealkylation sites (tertiary alicyclic amines) is 1. The van der Waals surface area contributed by atoms with Crippen LogP contribution in [0.3, 0.4) is 0 Å². The van der Waals surface area contributed by atoms with Crippen molar-refractivity contribution in [2.45, 2.75) is 25.7 Å². The van der Waals surface area contributed by atoms with E-state index in [2.05, 4.69) is 0 Å². The third-order valence-electron chi connectivity index (χ3n) is 4.99. The van der Waals surface area contributed by atoms with Gasteiger partial charge in [0.1, 0.15) is 5.82 Å². The molecule has 0 aromatic heterocycles. The molecule has 0 N–H and O–H groups in total. The molecule has 0 unspecified atom stereocenters. The van der Waals surface area contributed by atoms with E-state index in [4.69, 9.17) is 4.74 Å². The maximum Gasteiger partial charge on any atom is 0.257 e. The Hall–Kier alpha value is -2.43. The maximum atomic E-state index is 13.9. The Kier molecular flexibility index (Phi) is 5.86. The molecule has 1 saturated heterocycles. The molecule has 5 heteroatoms. The first-order valence-corrected chi connectivity index (χ1v) is 8.95. The Bertz CT molecular complexity index is 778. The van der Waals surface area contributed by atoms with Crippen LogP contribution in [-0.2, 0) is 6.42 Å². The highest BCUT2D eigenvalue weighted by Crippen LogP contribution is 2.27. The molecule has 2 aromatic rings. The Balaban J connectivity index is 1.66. The van der Waals surface area contributed by atoms with E-state index < -0.39 is 5.82 Å². The van der Waals surface area contributed by atoms with Crippen LogP contribution in [0.4, 0.5) is 8.78 Å². The Morgan fingerprint density at radius 2 is 1.92 bits per heavy atom. The van der Waals surface area contributed by atoms with Crippen molar-refractivity contribution in [1.82, 2.24) is 4.90 Å². The van der Waals surface area contributed by atoms with Crippen molar-refractivity contribution < 1.29 is 18.3 Å². The minimum absolute atomic E-state index is 0.00835. The first-order chi connectivity index (χ1) is 12.6. The van der Waals surface area contributed by atoms with Crippen LogP contribution >= 0.6 is 0 Å². The lowest BCUT2D eigenvalue weighted by Crippen LogP contribution is -2.40. The van der Waals surface area contributed by atoms with Gasteiger partial charge in [-0.25, -0.2) is 8.78 Å². The SMILES string of the molecule is COc1c(F)cccc1C(=O)N1CCC[C@H](CCc2ccccc2F)C1. The fourth-order valence-corrected chi connectivity index (χ4v) is 3.60. The maximum absolute atomic E-state index is 13.9. The topological polar surface area (TPSA) is 29.5 Å². The van der Waals surface area contributed by atoms with Gasteiger partial charge in [0.25, 0.3) is 5.91 Å². The van der Waals surface area contributed by atoms with Crippen LogP contribution in [0, 0.1) is 17.6 Å². The fraction of sp³-hybridized carbons (Fsp3) is 0.381. The molecule has 3 rings (SSSR count). The first-order valence-electron chi connectivity index (χ1n) is 8.95. The molecule has 26 heavy (non-hydrogen) atoms. The zero-order valence-electron chi connectivity index (χ0n) is 14.9. The smallest absolute Gasteiger partial charge is 0.257 e. The molecule has 0 bridgehead atoms. The summed E-state index contributed by atoms with van der Waals surface area (Å²) in [5.41, 5.74) is 0.963. The number of ether oxygens (including phenoxy) is 1. The number of aryl methyl sites for hydroxylation is 1. The monoisotopic (exact) mass is 359 g/mol. The summed E-state index contributed by atoms with van der Waals surface area (Å²) in [5.74, 6) is -0.623. The number of halogens is 2. The number of para-hydroxylation sites is 1. The minimum atomic E-state index is -0.536. The van der Waals surface area contributed by atoms with E-state index >= 15 is 0 Å². The van der Waals surface area contributed by atoms with Gasteiger partial charge in [0, 0.05) is 13.1 Å². The van der Waals surface area contributed by atoms with Crippen molar-refractivity contribution in [3.63, 3.8) is 0 Å². The molecule has 1 atom stereocenters. The summed E-state index contributed by atoms with van der Waals surface area (Å²) in [6.07, 6.45) is 3.39. The van der Waals surface area contributed by atoms with E-state index in [0.29, 0.717) is 31.0 Å². The summed E-state index contributed by atoms with van der Waals surface area (Å²) in [7, 11) is 1.36. The summed E-state index contributed by atoms with van der Waals surface area (Å²) >= 11 is 0. The fourth-order valence-electron chi connectivity index (χ4n) is 3.60. The molecule has 0 saturated carbocycles. The Morgan fingerprint density at radius 3 is 2.69 bits per heavy atom. The average molecular weight is 359 g/mol. The minimum Gasteiger partial charge on any atom is -0.493 e. The van der Waals surface area contributed by atoms with Gasteiger partial charge in [-0.05, 0) is 55.4 Å². The number of hydrogen-bond donors (Lipinski definition) is 0. The van der Waals surface area contributed by atoms with Gasteiger partial charge in [0.15, 0.2) is 11.6 Å². The van der Waals surface area contributed by atoms with E-state index in [1.807, 2.05) is 6.07 Å². The van der Waals surface area contributed by atoms with Gasteiger partial charge in [-0.2, -0.15) is 0 Å². The summed E-state index contributed by atoms with van der Waals surface area (Å²) in [6, 6.07) is 11.2. The highest BCUT2D eigenvalue weighted by Gasteiger charge is 2.27. The van der Waals surface area contributed by atoms with Crippen LogP contribution in [-0.4, -0.2) is 31.0 Å². The van der Waals surface area contributed by atoms with Crippen LogP contribution in [0.1, 0.15) is 35.2 Å².